The summed E-state index contributed by atoms with van der Waals surface area (Å²) in [5.41, 5.74) is 2.54. The first-order chi connectivity index (χ1) is 19.4. The summed E-state index contributed by atoms with van der Waals surface area (Å²) in [5.74, 6) is 4.77. The highest BCUT2D eigenvalue weighted by atomic mass is 16.5. The number of hydrogen-bond acceptors (Lipinski definition) is 7. The van der Waals surface area contributed by atoms with E-state index in [1.165, 1.54) is 45.6 Å². The van der Waals surface area contributed by atoms with Crippen LogP contribution in [0.15, 0.2) is 46.9 Å². The van der Waals surface area contributed by atoms with Gasteiger partial charge in [0.2, 0.25) is 5.89 Å². The number of nitrogens with zero attached hydrogens (tertiary/aromatic N) is 4. The summed E-state index contributed by atoms with van der Waals surface area (Å²) in [6.07, 6.45) is 4.72. The number of rotatable bonds is 14. The molecule has 2 unspecified atom stereocenters. The van der Waals surface area contributed by atoms with Crippen molar-refractivity contribution in [2.75, 3.05) is 73.1 Å². The molecule has 0 amide bonds. The lowest BCUT2D eigenvalue weighted by Gasteiger charge is -2.18. The molecule has 0 radical (unpaired) electrons. The highest BCUT2D eigenvalue weighted by molar-refractivity contribution is 5.77. The predicted octanol–water partition coefficient (Wildman–Crippen LogP) is 5.89. The van der Waals surface area contributed by atoms with Crippen LogP contribution in [0.3, 0.4) is 0 Å². The van der Waals surface area contributed by atoms with Gasteiger partial charge in [0.25, 0.3) is 0 Å². The van der Waals surface area contributed by atoms with Gasteiger partial charge in [0.1, 0.15) is 17.0 Å². The van der Waals surface area contributed by atoms with Gasteiger partial charge in [0.05, 0.1) is 13.2 Å². The van der Waals surface area contributed by atoms with Gasteiger partial charge in [0.15, 0.2) is 5.58 Å². The van der Waals surface area contributed by atoms with Gasteiger partial charge in [-0.3, -0.25) is 0 Å². The Morgan fingerprint density at radius 3 is 2.27 bits per heavy atom. The van der Waals surface area contributed by atoms with E-state index in [0.29, 0.717) is 12.5 Å². The summed E-state index contributed by atoms with van der Waals surface area (Å²) in [6, 6.07) is 14.0. The van der Waals surface area contributed by atoms with Gasteiger partial charge in [-0.05, 0) is 107 Å². The molecule has 2 aliphatic rings. The van der Waals surface area contributed by atoms with Crippen LogP contribution in [0.5, 0.6) is 11.5 Å². The van der Waals surface area contributed by atoms with Crippen LogP contribution >= 0.6 is 0 Å². The highest BCUT2D eigenvalue weighted by Gasteiger charge is 2.24. The Morgan fingerprint density at radius 2 is 1.57 bits per heavy atom. The molecule has 1 aromatic heterocycles. The number of likely N-dealkylation sites (tertiary alicyclic amines) is 2. The van der Waals surface area contributed by atoms with Crippen molar-refractivity contribution >= 4 is 11.1 Å². The Balaban J connectivity index is 1.04. The lowest BCUT2D eigenvalue weighted by molar-refractivity contribution is 0.251. The van der Waals surface area contributed by atoms with Crippen molar-refractivity contribution in [3.8, 4) is 23.0 Å². The van der Waals surface area contributed by atoms with E-state index in [1.807, 2.05) is 42.5 Å². The molecule has 2 saturated heterocycles. The average molecular weight is 549 g/mol. The molecular weight excluding hydrogens is 500 g/mol. The fraction of sp³-hybridized carbons (Fsp3) is 0.606. The molecule has 40 heavy (non-hydrogen) atoms. The van der Waals surface area contributed by atoms with Gasteiger partial charge in [-0.15, -0.1) is 0 Å². The molecule has 2 atom stereocenters. The number of fused-ring (bicyclic) bond motifs is 1. The summed E-state index contributed by atoms with van der Waals surface area (Å²) in [4.78, 5) is 12.1. The van der Waals surface area contributed by atoms with Gasteiger partial charge < -0.3 is 28.6 Å². The van der Waals surface area contributed by atoms with Crippen molar-refractivity contribution < 1.29 is 13.9 Å². The molecule has 0 bridgehead atoms. The van der Waals surface area contributed by atoms with Gasteiger partial charge in [-0.1, -0.05) is 13.8 Å². The molecule has 218 valence electrons. The van der Waals surface area contributed by atoms with Gasteiger partial charge in [0, 0.05) is 44.4 Å². The first-order valence-electron chi connectivity index (χ1n) is 15.3. The summed E-state index contributed by atoms with van der Waals surface area (Å²) < 4.78 is 18.2. The standard InChI is InChI=1S/C33H48N4O3/c1-25(2)28-14-18-37(24-28)16-6-20-39-30-11-12-31-32(21-30)40-33(34-31)27-7-9-29(10-8-27)38-19-5-15-36-17-13-26(23-36)22-35(3)4/h7-12,21,25-26,28H,5-6,13-20,22-24H2,1-4H3. The van der Waals surface area contributed by atoms with Crippen LogP contribution in [0.25, 0.3) is 22.6 Å². The van der Waals surface area contributed by atoms with Gasteiger partial charge in [-0.25, -0.2) is 4.98 Å². The SMILES string of the molecule is CC(C)C1CCN(CCCOc2ccc3nc(-c4ccc(OCCCN5CCC(CN(C)C)C5)cc4)oc3c2)C1. The summed E-state index contributed by atoms with van der Waals surface area (Å²) >= 11 is 0. The average Bonchev–Trinajstić information content (AvgIpc) is 3.69. The number of aromatic nitrogens is 1. The van der Waals surface area contributed by atoms with E-state index in [9.17, 15) is 0 Å². The van der Waals surface area contributed by atoms with Crippen molar-refractivity contribution in [2.45, 2.75) is 39.5 Å². The van der Waals surface area contributed by atoms with Crippen molar-refractivity contribution in [1.29, 1.82) is 0 Å². The van der Waals surface area contributed by atoms with Crippen LogP contribution in [-0.2, 0) is 0 Å². The zero-order valence-corrected chi connectivity index (χ0v) is 25.0. The van der Waals surface area contributed by atoms with Crippen molar-refractivity contribution in [2.24, 2.45) is 17.8 Å². The Labute approximate surface area is 240 Å². The van der Waals surface area contributed by atoms with Crippen LogP contribution in [-0.4, -0.2) is 92.8 Å². The maximum atomic E-state index is 6.10. The van der Waals surface area contributed by atoms with Crippen LogP contribution in [0.4, 0.5) is 0 Å². The minimum atomic E-state index is 0.619. The number of oxazole rings is 1. The Hall–Kier alpha value is -2.61. The Bertz CT molecular complexity index is 1190. The van der Waals surface area contributed by atoms with E-state index in [2.05, 4.69) is 47.6 Å². The minimum absolute atomic E-state index is 0.619. The molecular formula is C33H48N4O3. The number of hydrogen-bond donors (Lipinski definition) is 0. The second kappa shape index (κ2) is 13.8. The third kappa shape index (κ3) is 7.99. The molecule has 2 aromatic carbocycles. The van der Waals surface area contributed by atoms with Crippen molar-refractivity contribution in [3.05, 3.63) is 42.5 Å². The fourth-order valence-corrected chi connectivity index (χ4v) is 6.16. The first kappa shape index (κ1) is 28.9. The van der Waals surface area contributed by atoms with E-state index >= 15 is 0 Å². The largest absolute Gasteiger partial charge is 0.494 e. The van der Waals surface area contributed by atoms with Crippen LogP contribution < -0.4 is 9.47 Å². The predicted molar refractivity (Wildman–Crippen MR) is 162 cm³/mol. The molecule has 0 spiro atoms. The molecule has 0 N–H and O–H groups in total. The van der Waals surface area contributed by atoms with Crippen molar-refractivity contribution in [3.63, 3.8) is 0 Å². The van der Waals surface area contributed by atoms with Gasteiger partial charge >= 0.3 is 0 Å². The zero-order valence-electron chi connectivity index (χ0n) is 25.0. The minimum Gasteiger partial charge on any atom is -0.494 e. The van der Waals surface area contributed by atoms with E-state index in [-0.39, 0.29) is 0 Å². The smallest absolute Gasteiger partial charge is 0.227 e. The molecule has 7 heteroatoms. The Morgan fingerprint density at radius 1 is 0.900 bits per heavy atom. The Kier molecular flexibility index (Phi) is 10.00. The van der Waals surface area contributed by atoms with Crippen LogP contribution in [0.2, 0.25) is 0 Å². The number of benzene rings is 2. The molecule has 5 rings (SSSR count). The fourth-order valence-electron chi connectivity index (χ4n) is 6.16. The second-order valence-electron chi connectivity index (χ2n) is 12.4. The van der Waals surface area contributed by atoms with E-state index in [4.69, 9.17) is 13.9 Å². The maximum absolute atomic E-state index is 6.10. The topological polar surface area (TPSA) is 54.2 Å². The third-order valence-corrected chi connectivity index (χ3v) is 8.48. The zero-order chi connectivity index (χ0) is 27.9. The van der Waals surface area contributed by atoms with E-state index in [0.717, 1.165) is 78.5 Å². The maximum Gasteiger partial charge on any atom is 0.227 e. The van der Waals surface area contributed by atoms with Crippen LogP contribution in [0.1, 0.15) is 39.5 Å². The lowest BCUT2D eigenvalue weighted by Crippen LogP contribution is -2.27. The summed E-state index contributed by atoms with van der Waals surface area (Å²) in [6.45, 7) is 14.4. The second-order valence-corrected chi connectivity index (χ2v) is 12.4. The van der Waals surface area contributed by atoms with Gasteiger partial charge in [-0.2, -0.15) is 0 Å². The molecule has 3 aromatic rings. The monoisotopic (exact) mass is 548 g/mol. The lowest BCUT2D eigenvalue weighted by atomic mass is 9.95. The van der Waals surface area contributed by atoms with E-state index < -0.39 is 0 Å². The first-order valence-corrected chi connectivity index (χ1v) is 15.3. The summed E-state index contributed by atoms with van der Waals surface area (Å²) in [7, 11) is 4.33. The van der Waals surface area contributed by atoms with Crippen LogP contribution in [0, 0.1) is 17.8 Å². The quantitative estimate of drug-likeness (QED) is 0.233. The molecule has 3 heterocycles. The molecule has 0 aliphatic carbocycles. The third-order valence-electron chi connectivity index (χ3n) is 8.48. The summed E-state index contributed by atoms with van der Waals surface area (Å²) in [5, 5.41) is 0. The number of ether oxygens (including phenoxy) is 2. The highest BCUT2D eigenvalue weighted by Crippen LogP contribution is 2.29. The van der Waals surface area contributed by atoms with E-state index in [1.54, 1.807) is 0 Å². The van der Waals surface area contributed by atoms with Crippen molar-refractivity contribution in [1.82, 2.24) is 19.7 Å². The molecule has 7 nitrogen and oxygen atoms in total. The molecule has 2 fully saturated rings. The molecule has 0 saturated carbocycles. The normalized spacial score (nSPS) is 20.4. The molecule has 2 aliphatic heterocycles.